The highest BCUT2D eigenvalue weighted by atomic mass is 16.4. The lowest BCUT2D eigenvalue weighted by atomic mass is 9.66. The third kappa shape index (κ3) is 11.4. The van der Waals surface area contributed by atoms with Crippen molar-refractivity contribution in [3.63, 3.8) is 0 Å². The fraction of sp³-hybridized carbons (Fsp3) is 0.897. The highest BCUT2D eigenvalue weighted by molar-refractivity contribution is 5.69. The molecule has 4 heteroatoms. The highest BCUT2D eigenvalue weighted by Crippen LogP contribution is 2.41. The molecule has 0 aliphatic heterocycles. The molecule has 0 aromatic rings. The van der Waals surface area contributed by atoms with Crippen LogP contribution in [0.3, 0.4) is 0 Å². The molecule has 1 aliphatic carbocycles. The Labute approximate surface area is 204 Å². The molecule has 0 saturated heterocycles. The fourth-order valence-electron chi connectivity index (χ4n) is 5.52. The smallest absolute Gasteiger partial charge is 0.306 e. The molecule has 3 N–H and O–H groups in total. The quantitative estimate of drug-likeness (QED) is 0.222. The zero-order valence-electron chi connectivity index (χ0n) is 22.6. The molecule has 0 amide bonds. The van der Waals surface area contributed by atoms with Crippen LogP contribution in [-0.4, -0.2) is 33.0 Å². The molecule has 0 heterocycles. The van der Waals surface area contributed by atoms with Crippen LogP contribution in [0.5, 0.6) is 0 Å². The Bertz CT molecular complexity index is 596. The van der Waals surface area contributed by atoms with Crippen LogP contribution >= 0.6 is 0 Å². The van der Waals surface area contributed by atoms with Crippen LogP contribution in [0, 0.1) is 35.5 Å². The topological polar surface area (TPSA) is 77.8 Å². The largest absolute Gasteiger partial charge is 0.481 e. The molecule has 1 rings (SSSR count). The summed E-state index contributed by atoms with van der Waals surface area (Å²) in [5, 5.41) is 29.9. The van der Waals surface area contributed by atoms with Crippen LogP contribution in [-0.2, 0) is 4.79 Å². The van der Waals surface area contributed by atoms with E-state index in [1.54, 1.807) is 6.92 Å². The van der Waals surface area contributed by atoms with Crippen molar-refractivity contribution in [2.24, 2.45) is 35.5 Å². The van der Waals surface area contributed by atoms with Crippen molar-refractivity contribution in [1.82, 2.24) is 0 Å². The number of carboxylic acids is 1. The van der Waals surface area contributed by atoms with E-state index in [0.717, 1.165) is 38.0 Å². The van der Waals surface area contributed by atoms with E-state index in [9.17, 15) is 15.0 Å². The van der Waals surface area contributed by atoms with E-state index in [0.29, 0.717) is 36.5 Å². The van der Waals surface area contributed by atoms with Gasteiger partial charge in [0.15, 0.2) is 0 Å². The minimum atomic E-state index is -0.755. The van der Waals surface area contributed by atoms with Gasteiger partial charge in [-0.25, -0.2) is 0 Å². The van der Waals surface area contributed by atoms with Crippen molar-refractivity contribution in [3.8, 4) is 0 Å². The second kappa shape index (κ2) is 14.5. The number of aliphatic carboxylic acids is 1. The monoisotopic (exact) mass is 466 g/mol. The summed E-state index contributed by atoms with van der Waals surface area (Å²) in [7, 11) is 0. The van der Waals surface area contributed by atoms with Crippen LogP contribution in [0.15, 0.2) is 11.6 Å². The van der Waals surface area contributed by atoms with E-state index >= 15 is 0 Å². The molecule has 0 aromatic carbocycles. The van der Waals surface area contributed by atoms with E-state index in [1.165, 1.54) is 31.3 Å². The molecule has 4 nitrogen and oxygen atoms in total. The Hall–Kier alpha value is -0.870. The lowest BCUT2D eigenvalue weighted by Gasteiger charge is -2.42. The van der Waals surface area contributed by atoms with Gasteiger partial charge in [0.25, 0.3) is 0 Å². The van der Waals surface area contributed by atoms with E-state index < -0.39 is 11.6 Å². The standard InChI is InChI=1S/C29H54O4/c1-20(13-9-17-29(7,33)18-10-14-22(3)28(31)32)11-8-12-21(2)15-16-26-19-27(30)25(6)23(4)24(26)5/h13,21-27,30,33H,8-12,14-19H2,1-7H3,(H,31,32)/b20-13+. The van der Waals surface area contributed by atoms with Crippen molar-refractivity contribution in [3.05, 3.63) is 11.6 Å². The average molecular weight is 467 g/mol. The molecular formula is C29H54O4. The molecule has 0 bridgehead atoms. The van der Waals surface area contributed by atoms with Gasteiger partial charge in [-0.15, -0.1) is 0 Å². The summed E-state index contributed by atoms with van der Waals surface area (Å²) in [5.41, 5.74) is 0.687. The predicted octanol–water partition coefficient (Wildman–Crippen LogP) is 7.23. The van der Waals surface area contributed by atoms with Crippen molar-refractivity contribution in [1.29, 1.82) is 0 Å². The van der Waals surface area contributed by atoms with Crippen molar-refractivity contribution >= 4 is 5.97 Å². The second-order valence-electron chi connectivity index (χ2n) is 11.9. The van der Waals surface area contributed by atoms with Crippen molar-refractivity contribution in [2.75, 3.05) is 0 Å². The molecule has 0 aromatic heterocycles. The molecule has 0 spiro atoms. The van der Waals surface area contributed by atoms with E-state index in [4.69, 9.17) is 5.11 Å². The van der Waals surface area contributed by atoms with Crippen LogP contribution in [0.2, 0.25) is 0 Å². The van der Waals surface area contributed by atoms with Gasteiger partial charge in [-0.05, 0) is 101 Å². The number of hydrogen-bond donors (Lipinski definition) is 3. The van der Waals surface area contributed by atoms with Gasteiger partial charge in [0, 0.05) is 0 Å². The Morgan fingerprint density at radius 2 is 1.70 bits per heavy atom. The Balaban J connectivity index is 2.23. The lowest BCUT2D eigenvalue weighted by Crippen LogP contribution is -2.39. The summed E-state index contributed by atoms with van der Waals surface area (Å²) in [6.45, 7) is 15.1. The predicted molar refractivity (Wildman–Crippen MR) is 138 cm³/mol. The minimum Gasteiger partial charge on any atom is -0.481 e. The molecule has 1 aliphatic rings. The number of carboxylic acid groups (broad SMARTS) is 1. The van der Waals surface area contributed by atoms with Crippen LogP contribution in [0.4, 0.5) is 0 Å². The van der Waals surface area contributed by atoms with Gasteiger partial charge in [0.05, 0.1) is 17.6 Å². The first-order valence-electron chi connectivity index (χ1n) is 13.6. The fourth-order valence-corrected chi connectivity index (χ4v) is 5.52. The molecule has 33 heavy (non-hydrogen) atoms. The number of carbonyl (C=O) groups is 1. The number of rotatable bonds is 15. The van der Waals surface area contributed by atoms with Gasteiger partial charge in [-0.3, -0.25) is 4.79 Å². The summed E-state index contributed by atoms with van der Waals surface area (Å²) >= 11 is 0. The van der Waals surface area contributed by atoms with Gasteiger partial charge in [-0.1, -0.05) is 59.1 Å². The first kappa shape index (κ1) is 30.2. The van der Waals surface area contributed by atoms with Gasteiger partial charge in [0.2, 0.25) is 0 Å². The normalized spacial score (nSPS) is 30.0. The lowest BCUT2D eigenvalue weighted by molar-refractivity contribution is -0.141. The van der Waals surface area contributed by atoms with Gasteiger partial charge >= 0.3 is 5.97 Å². The summed E-state index contributed by atoms with van der Waals surface area (Å²) in [6.07, 6.45) is 12.8. The molecule has 8 unspecified atom stereocenters. The van der Waals surface area contributed by atoms with Crippen LogP contribution in [0.25, 0.3) is 0 Å². The highest BCUT2D eigenvalue weighted by Gasteiger charge is 2.36. The van der Waals surface area contributed by atoms with Crippen LogP contribution in [0.1, 0.15) is 119 Å². The summed E-state index contributed by atoms with van der Waals surface area (Å²) in [6, 6.07) is 0. The zero-order chi connectivity index (χ0) is 25.2. The SMILES string of the molecule is C/C(=C\CCC(C)(O)CCCC(C)C(=O)O)CCCC(C)CCC1CC(O)C(C)C(C)C1C. The number of allylic oxidation sites excluding steroid dienone is 2. The third-order valence-electron chi connectivity index (χ3n) is 8.80. The van der Waals surface area contributed by atoms with E-state index in [1.807, 2.05) is 6.92 Å². The molecule has 8 atom stereocenters. The average Bonchev–Trinajstić information content (AvgIpc) is 2.73. The Morgan fingerprint density at radius 1 is 1.03 bits per heavy atom. The summed E-state index contributed by atoms with van der Waals surface area (Å²) in [4.78, 5) is 10.9. The van der Waals surface area contributed by atoms with Gasteiger partial charge < -0.3 is 15.3 Å². The summed E-state index contributed by atoms with van der Waals surface area (Å²) in [5.74, 6) is 2.03. The second-order valence-corrected chi connectivity index (χ2v) is 11.9. The van der Waals surface area contributed by atoms with Crippen molar-refractivity contribution < 1.29 is 20.1 Å². The Morgan fingerprint density at radius 3 is 2.33 bits per heavy atom. The first-order valence-corrected chi connectivity index (χ1v) is 13.6. The number of aliphatic hydroxyl groups is 2. The molecular weight excluding hydrogens is 412 g/mol. The molecule has 0 radical (unpaired) electrons. The van der Waals surface area contributed by atoms with Gasteiger partial charge in [0.1, 0.15) is 0 Å². The first-order chi connectivity index (χ1) is 15.3. The molecule has 1 fully saturated rings. The summed E-state index contributed by atoms with van der Waals surface area (Å²) < 4.78 is 0. The third-order valence-corrected chi connectivity index (χ3v) is 8.80. The zero-order valence-corrected chi connectivity index (χ0v) is 22.6. The maximum Gasteiger partial charge on any atom is 0.306 e. The molecule has 194 valence electrons. The van der Waals surface area contributed by atoms with Crippen molar-refractivity contribution in [2.45, 2.75) is 131 Å². The minimum absolute atomic E-state index is 0.127. The maximum absolute atomic E-state index is 10.9. The van der Waals surface area contributed by atoms with E-state index in [-0.39, 0.29) is 12.0 Å². The van der Waals surface area contributed by atoms with Crippen LogP contribution < -0.4 is 0 Å². The molecule has 1 saturated carbocycles. The van der Waals surface area contributed by atoms with E-state index in [2.05, 4.69) is 40.7 Å². The van der Waals surface area contributed by atoms with Gasteiger partial charge in [-0.2, -0.15) is 0 Å². The number of aliphatic hydroxyl groups excluding tert-OH is 1. The maximum atomic E-state index is 10.9. The Kier molecular flexibility index (Phi) is 13.3. The number of hydrogen-bond acceptors (Lipinski definition) is 3.